The Hall–Kier alpha value is -2.38. The average Bonchev–Trinajstić information content (AvgIpc) is 3.15. The maximum Gasteiger partial charge on any atom is 0.357 e. The van der Waals surface area contributed by atoms with Gasteiger partial charge in [0, 0.05) is 34.6 Å². The summed E-state index contributed by atoms with van der Waals surface area (Å²) in [5, 5.41) is 4.85. The van der Waals surface area contributed by atoms with E-state index in [0.29, 0.717) is 21.6 Å². The molecular formula is C17H16ClN3O3S. The molecule has 130 valence electrons. The Morgan fingerprint density at radius 3 is 2.92 bits per heavy atom. The van der Waals surface area contributed by atoms with E-state index >= 15 is 0 Å². The zero-order valence-corrected chi connectivity index (χ0v) is 15.3. The van der Waals surface area contributed by atoms with Gasteiger partial charge in [0.2, 0.25) is 5.91 Å². The first-order valence-corrected chi connectivity index (χ1v) is 8.77. The van der Waals surface area contributed by atoms with E-state index in [-0.39, 0.29) is 18.0 Å². The van der Waals surface area contributed by atoms with Crippen molar-refractivity contribution in [2.45, 2.75) is 19.9 Å². The van der Waals surface area contributed by atoms with Crippen molar-refractivity contribution in [2.75, 3.05) is 12.4 Å². The first-order chi connectivity index (χ1) is 12.0. The van der Waals surface area contributed by atoms with Crippen LogP contribution in [0.3, 0.4) is 0 Å². The van der Waals surface area contributed by atoms with Gasteiger partial charge in [-0.15, -0.1) is 11.3 Å². The standard InChI is InChI=1S/C17H16ClN3O3S/c1-10-15(16(23)24-2)20-17(25-10)19-14(22)6-8-21-7-5-11-3-4-12(18)9-13(11)21/h3-5,7,9H,6,8H2,1-2H3,(H,19,20,22). The molecular weight excluding hydrogens is 362 g/mol. The zero-order valence-electron chi connectivity index (χ0n) is 13.7. The van der Waals surface area contributed by atoms with Crippen molar-refractivity contribution in [1.29, 1.82) is 0 Å². The summed E-state index contributed by atoms with van der Waals surface area (Å²) in [6.07, 6.45) is 2.21. The topological polar surface area (TPSA) is 73.2 Å². The van der Waals surface area contributed by atoms with Crippen molar-refractivity contribution < 1.29 is 14.3 Å². The van der Waals surface area contributed by atoms with Gasteiger partial charge in [-0.25, -0.2) is 9.78 Å². The molecule has 0 fully saturated rings. The highest BCUT2D eigenvalue weighted by Crippen LogP contribution is 2.23. The number of fused-ring (bicyclic) bond motifs is 1. The Labute approximate surface area is 153 Å². The summed E-state index contributed by atoms with van der Waals surface area (Å²) in [6, 6.07) is 7.64. The molecule has 3 aromatic rings. The summed E-state index contributed by atoms with van der Waals surface area (Å²) < 4.78 is 6.64. The van der Waals surface area contributed by atoms with Gasteiger partial charge in [-0.05, 0) is 30.5 Å². The number of rotatable bonds is 5. The molecule has 2 aromatic heterocycles. The third kappa shape index (κ3) is 3.83. The van der Waals surface area contributed by atoms with Crippen molar-refractivity contribution in [2.24, 2.45) is 0 Å². The predicted octanol–water partition coefficient (Wildman–Crippen LogP) is 3.88. The highest BCUT2D eigenvalue weighted by molar-refractivity contribution is 7.16. The van der Waals surface area contributed by atoms with Crippen LogP contribution in [-0.2, 0) is 16.1 Å². The maximum atomic E-state index is 12.2. The largest absolute Gasteiger partial charge is 0.464 e. The Kier molecular flexibility index (Phi) is 5.06. The van der Waals surface area contributed by atoms with Gasteiger partial charge in [-0.2, -0.15) is 0 Å². The minimum Gasteiger partial charge on any atom is -0.464 e. The van der Waals surface area contributed by atoms with Crippen LogP contribution in [0.4, 0.5) is 5.13 Å². The van der Waals surface area contributed by atoms with Crippen molar-refractivity contribution in [1.82, 2.24) is 9.55 Å². The number of hydrogen-bond acceptors (Lipinski definition) is 5. The molecule has 3 rings (SSSR count). The Bertz CT molecular complexity index is 948. The molecule has 0 saturated heterocycles. The lowest BCUT2D eigenvalue weighted by atomic mass is 10.2. The van der Waals surface area contributed by atoms with Crippen LogP contribution in [0.5, 0.6) is 0 Å². The molecule has 25 heavy (non-hydrogen) atoms. The van der Waals surface area contributed by atoms with Gasteiger partial charge in [-0.3, -0.25) is 4.79 Å². The summed E-state index contributed by atoms with van der Waals surface area (Å²) in [5.74, 6) is -0.681. The van der Waals surface area contributed by atoms with E-state index in [2.05, 4.69) is 15.0 Å². The summed E-state index contributed by atoms with van der Waals surface area (Å²) in [5.41, 5.74) is 1.22. The second kappa shape index (κ2) is 7.25. The van der Waals surface area contributed by atoms with Crippen LogP contribution in [-0.4, -0.2) is 28.5 Å². The van der Waals surface area contributed by atoms with Crippen LogP contribution in [0.2, 0.25) is 5.02 Å². The number of thiazole rings is 1. The number of carbonyl (C=O) groups excluding carboxylic acids is 2. The number of ether oxygens (including phenoxy) is 1. The maximum absolute atomic E-state index is 12.2. The van der Waals surface area contributed by atoms with Crippen molar-refractivity contribution >= 4 is 50.8 Å². The fraction of sp³-hybridized carbons (Fsp3) is 0.235. The molecule has 0 bridgehead atoms. The minimum atomic E-state index is -0.509. The van der Waals surface area contributed by atoms with Gasteiger partial charge < -0.3 is 14.6 Å². The molecule has 1 aromatic carbocycles. The molecule has 8 heteroatoms. The molecule has 0 aliphatic carbocycles. The van der Waals surface area contributed by atoms with E-state index in [1.54, 1.807) is 6.92 Å². The molecule has 0 aliphatic rings. The predicted molar refractivity (Wildman–Crippen MR) is 98.4 cm³/mol. The van der Waals surface area contributed by atoms with Crippen LogP contribution < -0.4 is 5.32 Å². The Balaban J connectivity index is 1.65. The van der Waals surface area contributed by atoms with E-state index < -0.39 is 5.97 Å². The first kappa shape index (κ1) is 17.4. The van der Waals surface area contributed by atoms with E-state index in [1.165, 1.54) is 18.4 Å². The van der Waals surface area contributed by atoms with Crippen LogP contribution in [0.25, 0.3) is 10.9 Å². The highest BCUT2D eigenvalue weighted by atomic mass is 35.5. The number of aryl methyl sites for hydroxylation is 2. The molecule has 0 spiro atoms. The van der Waals surface area contributed by atoms with E-state index in [9.17, 15) is 9.59 Å². The number of hydrogen-bond donors (Lipinski definition) is 1. The monoisotopic (exact) mass is 377 g/mol. The summed E-state index contributed by atoms with van der Waals surface area (Å²) in [7, 11) is 1.30. The molecule has 0 radical (unpaired) electrons. The summed E-state index contributed by atoms with van der Waals surface area (Å²) in [4.78, 5) is 28.5. The fourth-order valence-corrected chi connectivity index (χ4v) is 3.48. The molecule has 0 atom stereocenters. The minimum absolute atomic E-state index is 0.172. The van der Waals surface area contributed by atoms with E-state index in [4.69, 9.17) is 11.6 Å². The number of nitrogens with zero attached hydrogens (tertiary/aromatic N) is 2. The molecule has 1 N–H and O–H groups in total. The lowest BCUT2D eigenvalue weighted by Gasteiger charge is -2.06. The Morgan fingerprint density at radius 2 is 2.16 bits per heavy atom. The van der Waals surface area contributed by atoms with Crippen LogP contribution in [0.1, 0.15) is 21.8 Å². The van der Waals surface area contributed by atoms with E-state index in [0.717, 1.165) is 10.9 Å². The number of methoxy groups -OCH3 is 1. The van der Waals surface area contributed by atoms with E-state index in [1.807, 2.05) is 35.0 Å². The quantitative estimate of drug-likeness (QED) is 0.685. The SMILES string of the molecule is COC(=O)c1nc(NC(=O)CCn2ccc3ccc(Cl)cc32)sc1C. The van der Waals surface area contributed by atoms with Gasteiger partial charge in [0.15, 0.2) is 10.8 Å². The number of esters is 1. The Morgan fingerprint density at radius 1 is 1.36 bits per heavy atom. The summed E-state index contributed by atoms with van der Waals surface area (Å²) in [6.45, 7) is 2.28. The first-order valence-electron chi connectivity index (χ1n) is 7.58. The fourth-order valence-electron chi connectivity index (χ4n) is 2.49. The number of amides is 1. The molecule has 0 unspecified atom stereocenters. The number of nitrogens with one attached hydrogen (secondary N) is 1. The highest BCUT2D eigenvalue weighted by Gasteiger charge is 2.17. The molecule has 1 amide bonds. The van der Waals surface area contributed by atoms with Gasteiger partial charge >= 0.3 is 5.97 Å². The number of halogens is 1. The average molecular weight is 378 g/mol. The smallest absolute Gasteiger partial charge is 0.357 e. The van der Waals surface area contributed by atoms with Crippen molar-refractivity contribution in [3.63, 3.8) is 0 Å². The van der Waals surface area contributed by atoms with Crippen LogP contribution in [0, 0.1) is 6.92 Å². The lowest BCUT2D eigenvalue weighted by Crippen LogP contribution is -2.14. The molecule has 6 nitrogen and oxygen atoms in total. The third-order valence-electron chi connectivity index (χ3n) is 3.74. The second-order valence-corrected chi connectivity index (χ2v) is 7.07. The van der Waals surface area contributed by atoms with Gasteiger partial charge in [0.05, 0.1) is 7.11 Å². The second-order valence-electron chi connectivity index (χ2n) is 5.43. The normalized spacial score (nSPS) is 10.8. The number of aromatic nitrogens is 2. The van der Waals surface area contributed by atoms with Gasteiger partial charge in [0.1, 0.15) is 0 Å². The number of anilines is 1. The third-order valence-corrected chi connectivity index (χ3v) is 4.86. The number of carbonyl (C=O) groups is 2. The van der Waals surface area contributed by atoms with Gasteiger partial charge in [-0.1, -0.05) is 17.7 Å². The van der Waals surface area contributed by atoms with Crippen molar-refractivity contribution in [3.05, 3.63) is 46.1 Å². The van der Waals surface area contributed by atoms with Crippen LogP contribution >= 0.6 is 22.9 Å². The van der Waals surface area contributed by atoms with Crippen molar-refractivity contribution in [3.8, 4) is 0 Å². The van der Waals surface area contributed by atoms with Crippen LogP contribution in [0.15, 0.2) is 30.5 Å². The molecule has 0 aliphatic heterocycles. The van der Waals surface area contributed by atoms with Gasteiger partial charge in [0.25, 0.3) is 0 Å². The molecule has 0 saturated carbocycles. The lowest BCUT2D eigenvalue weighted by molar-refractivity contribution is -0.116. The molecule has 2 heterocycles. The zero-order chi connectivity index (χ0) is 18.0. The summed E-state index contributed by atoms with van der Waals surface area (Å²) >= 11 is 7.28. The number of benzene rings is 1.